The molecule has 3 N–H and O–H groups in total. The number of aromatic nitrogens is 2. The third-order valence-corrected chi connectivity index (χ3v) is 4.25. The number of aryl methyl sites for hydroxylation is 1. The highest BCUT2D eigenvalue weighted by atomic mass is 16.3. The second-order valence-electron chi connectivity index (χ2n) is 5.84. The monoisotopic (exact) mass is 292 g/mol. The van der Waals surface area contributed by atoms with Crippen molar-refractivity contribution in [1.29, 1.82) is 0 Å². The zero-order chi connectivity index (χ0) is 15.2. The van der Waals surface area contributed by atoms with Crippen LogP contribution in [0.1, 0.15) is 50.9 Å². The van der Waals surface area contributed by atoms with E-state index in [1.165, 1.54) is 6.42 Å². The predicted octanol–water partition coefficient (Wildman–Crippen LogP) is 2.74. The van der Waals surface area contributed by atoms with Crippen molar-refractivity contribution in [2.45, 2.75) is 59.0 Å². The van der Waals surface area contributed by atoms with Crippen molar-refractivity contribution < 1.29 is 5.11 Å². The predicted molar refractivity (Wildman–Crippen MR) is 86.8 cm³/mol. The van der Waals surface area contributed by atoms with Crippen molar-refractivity contribution in [3.63, 3.8) is 0 Å². The van der Waals surface area contributed by atoms with Gasteiger partial charge in [-0.15, -0.1) is 0 Å². The van der Waals surface area contributed by atoms with Crippen molar-refractivity contribution >= 4 is 11.6 Å². The molecule has 1 fully saturated rings. The minimum absolute atomic E-state index is 0.174. The third kappa shape index (κ3) is 4.06. The van der Waals surface area contributed by atoms with Gasteiger partial charge < -0.3 is 15.7 Å². The van der Waals surface area contributed by atoms with Gasteiger partial charge in [0.15, 0.2) is 0 Å². The first-order valence-corrected chi connectivity index (χ1v) is 8.19. The van der Waals surface area contributed by atoms with Gasteiger partial charge in [0.05, 0.1) is 6.10 Å². The van der Waals surface area contributed by atoms with Gasteiger partial charge in [-0.3, -0.25) is 0 Å². The molecule has 0 bridgehead atoms. The minimum atomic E-state index is -0.174. The van der Waals surface area contributed by atoms with Crippen LogP contribution in [0, 0.1) is 12.8 Å². The second kappa shape index (κ2) is 7.59. The van der Waals surface area contributed by atoms with Crippen LogP contribution in [0.5, 0.6) is 0 Å². The van der Waals surface area contributed by atoms with Crippen LogP contribution in [0.3, 0.4) is 0 Å². The van der Waals surface area contributed by atoms with E-state index >= 15 is 0 Å². The van der Waals surface area contributed by atoms with Crippen LogP contribution >= 0.6 is 0 Å². The Morgan fingerprint density at radius 3 is 2.38 bits per heavy atom. The highest BCUT2D eigenvalue weighted by molar-refractivity contribution is 5.57. The van der Waals surface area contributed by atoms with E-state index in [-0.39, 0.29) is 6.10 Å². The molecule has 1 aromatic heterocycles. The number of hydrogen-bond donors (Lipinski definition) is 3. The minimum Gasteiger partial charge on any atom is -0.393 e. The van der Waals surface area contributed by atoms with E-state index in [0.29, 0.717) is 5.92 Å². The first kappa shape index (κ1) is 16.0. The second-order valence-corrected chi connectivity index (χ2v) is 5.84. The maximum Gasteiger partial charge on any atom is 0.134 e. The molecule has 118 valence electrons. The maximum atomic E-state index is 10.1. The molecule has 1 saturated carbocycles. The van der Waals surface area contributed by atoms with E-state index in [9.17, 15) is 5.11 Å². The molecular formula is C16H28N4O. The molecule has 1 aliphatic carbocycles. The van der Waals surface area contributed by atoms with Crippen molar-refractivity contribution in [1.82, 2.24) is 9.97 Å². The average molecular weight is 292 g/mol. The van der Waals surface area contributed by atoms with Crippen molar-refractivity contribution in [2.24, 2.45) is 5.92 Å². The van der Waals surface area contributed by atoms with Crippen molar-refractivity contribution in [3.05, 3.63) is 11.4 Å². The molecule has 2 rings (SSSR count). The average Bonchev–Trinajstić information content (AvgIpc) is 2.49. The summed E-state index contributed by atoms with van der Waals surface area (Å²) in [6, 6.07) is 0. The van der Waals surface area contributed by atoms with Gasteiger partial charge in [-0.2, -0.15) is 0 Å². The van der Waals surface area contributed by atoms with Crippen LogP contribution in [-0.4, -0.2) is 34.3 Å². The molecule has 1 aromatic rings. The molecule has 5 heteroatoms. The molecule has 2 atom stereocenters. The summed E-state index contributed by atoms with van der Waals surface area (Å²) in [6.07, 6.45) is 5.03. The summed E-state index contributed by atoms with van der Waals surface area (Å²) in [7, 11) is 0. The van der Waals surface area contributed by atoms with Gasteiger partial charge >= 0.3 is 0 Å². The van der Waals surface area contributed by atoms with E-state index in [2.05, 4.69) is 34.4 Å². The summed E-state index contributed by atoms with van der Waals surface area (Å²) in [4.78, 5) is 9.14. The highest BCUT2D eigenvalue weighted by Gasteiger charge is 2.23. The number of rotatable bonds is 6. The standard InChI is InChI=1S/C16H28N4O/c1-4-14-19-15(17-5-2)11(3)16(20-14)18-10-12-8-6-7-9-13(12)21/h12-13,21H,4-10H2,1-3H3,(H2,17,18,19,20). The number of nitrogens with zero attached hydrogens (tertiary/aromatic N) is 2. The molecular weight excluding hydrogens is 264 g/mol. The summed E-state index contributed by atoms with van der Waals surface area (Å²) in [6.45, 7) is 7.81. The van der Waals surface area contributed by atoms with E-state index in [1.807, 2.05) is 6.92 Å². The Labute approximate surface area is 127 Å². The number of anilines is 2. The van der Waals surface area contributed by atoms with Crippen LogP contribution in [-0.2, 0) is 6.42 Å². The fraction of sp³-hybridized carbons (Fsp3) is 0.750. The summed E-state index contributed by atoms with van der Waals surface area (Å²) in [5, 5.41) is 16.8. The summed E-state index contributed by atoms with van der Waals surface area (Å²) in [5.41, 5.74) is 1.05. The van der Waals surface area contributed by atoms with E-state index in [1.54, 1.807) is 0 Å². The van der Waals surface area contributed by atoms with Crippen molar-refractivity contribution in [2.75, 3.05) is 23.7 Å². The lowest BCUT2D eigenvalue weighted by molar-refractivity contribution is 0.0763. The molecule has 0 spiro atoms. The Morgan fingerprint density at radius 1 is 1.10 bits per heavy atom. The van der Waals surface area contributed by atoms with E-state index in [4.69, 9.17) is 0 Å². The molecule has 0 saturated heterocycles. The lowest BCUT2D eigenvalue weighted by Gasteiger charge is -2.28. The molecule has 21 heavy (non-hydrogen) atoms. The fourth-order valence-electron chi connectivity index (χ4n) is 2.89. The Balaban J connectivity index is 2.09. The lowest BCUT2D eigenvalue weighted by Crippen LogP contribution is -2.30. The van der Waals surface area contributed by atoms with Gasteiger partial charge in [0.25, 0.3) is 0 Å². The first-order valence-electron chi connectivity index (χ1n) is 8.19. The molecule has 1 heterocycles. The third-order valence-electron chi connectivity index (χ3n) is 4.25. The normalized spacial score (nSPS) is 22.1. The maximum absolute atomic E-state index is 10.1. The van der Waals surface area contributed by atoms with Gasteiger partial charge in [-0.05, 0) is 26.7 Å². The zero-order valence-corrected chi connectivity index (χ0v) is 13.4. The van der Waals surface area contributed by atoms with Crippen LogP contribution in [0.2, 0.25) is 0 Å². The largest absolute Gasteiger partial charge is 0.393 e. The molecule has 0 aliphatic heterocycles. The van der Waals surface area contributed by atoms with Gasteiger partial charge in [0.2, 0.25) is 0 Å². The van der Waals surface area contributed by atoms with Crippen LogP contribution < -0.4 is 10.6 Å². The SMILES string of the molecule is CCNc1nc(CC)nc(NCC2CCCCC2O)c1C. The van der Waals surface area contributed by atoms with Gasteiger partial charge in [0, 0.05) is 31.0 Å². The van der Waals surface area contributed by atoms with Gasteiger partial charge in [-0.1, -0.05) is 19.8 Å². The summed E-state index contributed by atoms with van der Waals surface area (Å²) >= 11 is 0. The Hall–Kier alpha value is -1.36. The van der Waals surface area contributed by atoms with Crippen LogP contribution in [0.4, 0.5) is 11.6 Å². The first-order chi connectivity index (χ1) is 10.2. The molecule has 0 amide bonds. The highest BCUT2D eigenvalue weighted by Crippen LogP contribution is 2.26. The molecule has 0 radical (unpaired) electrons. The van der Waals surface area contributed by atoms with Crippen molar-refractivity contribution in [3.8, 4) is 0 Å². The number of aliphatic hydroxyl groups is 1. The topological polar surface area (TPSA) is 70.1 Å². The lowest BCUT2D eigenvalue weighted by atomic mass is 9.86. The Kier molecular flexibility index (Phi) is 5.79. The van der Waals surface area contributed by atoms with Gasteiger partial charge in [0.1, 0.15) is 17.5 Å². The molecule has 5 nitrogen and oxygen atoms in total. The number of nitrogens with one attached hydrogen (secondary N) is 2. The van der Waals surface area contributed by atoms with E-state index < -0.39 is 0 Å². The molecule has 1 aliphatic rings. The zero-order valence-electron chi connectivity index (χ0n) is 13.4. The Bertz CT molecular complexity index is 464. The smallest absolute Gasteiger partial charge is 0.134 e. The summed E-state index contributed by atoms with van der Waals surface area (Å²) < 4.78 is 0. The quantitative estimate of drug-likeness (QED) is 0.752. The molecule has 2 unspecified atom stereocenters. The number of aliphatic hydroxyl groups excluding tert-OH is 1. The van der Waals surface area contributed by atoms with Crippen LogP contribution in [0.25, 0.3) is 0 Å². The fourth-order valence-corrected chi connectivity index (χ4v) is 2.89. The molecule has 0 aromatic carbocycles. The Morgan fingerprint density at radius 2 is 1.76 bits per heavy atom. The summed E-state index contributed by atoms with van der Waals surface area (Å²) in [5.74, 6) is 3.00. The van der Waals surface area contributed by atoms with E-state index in [0.717, 1.165) is 61.8 Å². The number of hydrogen-bond acceptors (Lipinski definition) is 5. The van der Waals surface area contributed by atoms with Gasteiger partial charge in [-0.25, -0.2) is 9.97 Å². The van der Waals surface area contributed by atoms with Crippen LogP contribution in [0.15, 0.2) is 0 Å².